The van der Waals surface area contributed by atoms with Crippen molar-refractivity contribution in [1.82, 2.24) is 15.0 Å². The molecule has 1 fully saturated rings. The molecule has 2 aromatic rings. The van der Waals surface area contributed by atoms with Crippen LogP contribution in [0.25, 0.3) is 0 Å². The molecule has 0 N–H and O–H groups in total. The zero-order valence-corrected chi connectivity index (χ0v) is 12.5. The molecule has 1 saturated heterocycles. The maximum Gasteiger partial charge on any atom is 0.251 e. The minimum Gasteiger partial charge on any atom is -0.377 e. The van der Waals surface area contributed by atoms with Crippen molar-refractivity contribution in [1.29, 1.82) is 0 Å². The van der Waals surface area contributed by atoms with Crippen LogP contribution >= 0.6 is 0 Å². The molecule has 122 valence electrons. The van der Waals surface area contributed by atoms with E-state index in [4.69, 9.17) is 9.26 Å². The summed E-state index contributed by atoms with van der Waals surface area (Å²) in [6.07, 6.45) is -0.171. The summed E-state index contributed by atoms with van der Waals surface area (Å²) in [6.45, 7) is 2.63. The lowest BCUT2D eigenvalue weighted by Crippen LogP contribution is -2.44. The van der Waals surface area contributed by atoms with E-state index in [0.717, 1.165) is 12.1 Å². The number of carbonyl (C=O) groups is 1. The van der Waals surface area contributed by atoms with Crippen molar-refractivity contribution >= 4 is 5.91 Å². The van der Waals surface area contributed by atoms with E-state index in [1.54, 1.807) is 6.92 Å². The molecule has 1 amide bonds. The third-order valence-electron chi connectivity index (χ3n) is 3.63. The molecule has 0 spiro atoms. The number of morpholine rings is 1. The molecule has 1 aromatic heterocycles. The molecular formula is C15H15F2N3O3. The van der Waals surface area contributed by atoms with Crippen LogP contribution in [0.4, 0.5) is 8.78 Å². The molecule has 8 heteroatoms. The van der Waals surface area contributed by atoms with Crippen molar-refractivity contribution in [3.63, 3.8) is 0 Å². The van der Waals surface area contributed by atoms with Crippen molar-refractivity contribution in [3.05, 3.63) is 47.1 Å². The molecule has 1 aliphatic heterocycles. The second-order valence-electron chi connectivity index (χ2n) is 5.27. The Morgan fingerprint density at radius 2 is 2.26 bits per heavy atom. The van der Waals surface area contributed by atoms with Crippen molar-refractivity contribution in [2.75, 3.05) is 19.8 Å². The lowest BCUT2D eigenvalue weighted by Gasteiger charge is -2.33. The van der Waals surface area contributed by atoms with Gasteiger partial charge in [0.25, 0.3) is 5.89 Å². The number of hydrogen-bond acceptors (Lipinski definition) is 5. The summed E-state index contributed by atoms with van der Waals surface area (Å²) < 4.78 is 37.2. The number of benzene rings is 1. The molecule has 0 aliphatic carbocycles. The molecule has 0 bridgehead atoms. The number of carbonyl (C=O) groups excluding carboxylic acids is 1. The van der Waals surface area contributed by atoms with Crippen LogP contribution in [0, 0.1) is 18.6 Å². The Kier molecular flexibility index (Phi) is 4.33. The van der Waals surface area contributed by atoms with E-state index in [1.807, 2.05) is 0 Å². The molecule has 1 unspecified atom stereocenters. The van der Waals surface area contributed by atoms with Crippen LogP contribution in [0.3, 0.4) is 0 Å². The Morgan fingerprint density at radius 3 is 2.96 bits per heavy atom. The van der Waals surface area contributed by atoms with Crippen molar-refractivity contribution in [2.45, 2.75) is 19.4 Å². The van der Waals surface area contributed by atoms with Gasteiger partial charge < -0.3 is 14.2 Å². The number of aromatic nitrogens is 2. The highest BCUT2D eigenvalue weighted by molar-refractivity contribution is 5.79. The zero-order valence-electron chi connectivity index (χ0n) is 12.5. The van der Waals surface area contributed by atoms with Gasteiger partial charge in [-0.15, -0.1) is 0 Å². The van der Waals surface area contributed by atoms with Gasteiger partial charge in [0.05, 0.1) is 19.6 Å². The van der Waals surface area contributed by atoms with Gasteiger partial charge in [-0.3, -0.25) is 4.79 Å². The first kappa shape index (κ1) is 15.5. The SMILES string of the molecule is Cc1noc(C2COCCN2C(=O)Cc2ccc(F)cc2F)n1. The first-order valence-electron chi connectivity index (χ1n) is 7.16. The minimum atomic E-state index is -0.739. The highest BCUT2D eigenvalue weighted by atomic mass is 19.1. The number of nitrogens with zero attached hydrogens (tertiary/aromatic N) is 3. The summed E-state index contributed by atoms with van der Waals surface area (Å²) >= 11 is 0. The molecule has 3 rings (SSSR count). The van der Waals surface area contributed by atoms with Crippen LogP contribution in [0.15, 0.2) is 22.7 Å². The Bertz CT molecular complexity index is 720. The largest absolute Gasteiger partial charge is 0.377 e. The molecule has 0 radical (unpaired) electrons. The van der Waals surface area contributed by atoms with Crippen molar-refractivity contribution in [2.24, 2.45) is 0 Å². The van der Waals surface area contributed by atoms with Crippen LogP contribution in [-0.4, -0.2) is 40.7 Å². The summed E-state index contributed by atoms with van der Waals surface area (Å²) in [6, 6.07) is 2.67. The summed E-state index contributed by atoms with van der Waals surface area (Å²) in [4.78, 5) is 18.2. The molecule has 1 aliphatic rings. The van der Waals surface area contributed by atoms with E-state index >= 15 is 0 Å². The molecular weight excluding hydrogens is 308 g/mol. The lowest BCUT2D eigenvalue weighted by molar-refractivity contribution is -0.140. The third kappa shape index (κ3) is 3.37. The van der Waals surface area contributed by atoms with Gasteiger partial charge in [-0.1, -0.05) is 11.2 Å². The monoisotopic (exact) mass is 323 g/mol. The Labute approximate surface area is 131 Å². The minimum absolute atomic E-state index is 0.142. The van der Waals surface area contributed by atoms with Crippen LogP contribution in [-0.2, 0) is 16.0 Å². The number of amides is 1. The zero-order chi connectivity index (χ0) is 16.4. The molecule has 2 heterocycles. The molecule has 23 heavy (non-hydrogen) atoms. The molecule has 0 saturated carbocycles. The van der Waals surface area contributed by atoms with E-state index in [9.17, 15) is 13.6 Å². The first-order chi connectivity index (χ1) is 11.0. The first-order valence-corrected chi connectivity index (χ1v) is 7.16. The Hall–Kier alpha value is -2.35. The highest BCUT2D eigenvalue weighted by Crippen LogP contribution is 2.24. The standard InChI is InChI=1S/C15H15F2N3O3/c1-9-18-15(23-19-9)13-8-22-5-4-20(13)14(21)6-10-2-3-11(16)7-12(10)17/h2-3,7,13H,4-6,8H2,1H3. The number of rotatable bonds is 3. The summed E-state index contributed by atoms with van der Waals surface area (Å²) in [5.41, 5.74) is 0.142. The van der Waals surface area contributed by atoms with Gasteiger partial charge in [-0.05, 0) is 18.6 Å². The number of hydrogen-bond donors (Lipinski definition) is 0. The lowest BCUT2D eigenvalue weighted by atomic mass is 10.1. The highest BCUT2D eigenvalue weighted by Gasteiger charge is 2.32. The number of halogens is 2. The second-order valence-corrected chi connectivity index (χ2v) is 5.27. The van der Waals surface area contributed by atoms with Gasteiger partial charge in [0, 0.05) is 12.6 Å². The van der Waals surface area contributed by atoms with Gasteiger partial charge in [-0.25, -0.2) is 8.78 Å². The van der Waals surface area contributed by atoms with Gasteiger partial charge in [0.15, 0.2) is 5.82 Å². The van der Waals surface area contributed by atoms with Gasteiger partial charge in [-0.2, -0.15) is 4.98 Å². The number of aryl methyl sites for hydroxylation is 1. The maximum absolute atomic E-state index is 13.7. The molecule has 6 nitrogen and oxygen atoms in total. The van der Waals surface area contributed by atoms with Crippen LogP contribution in [0.2, 0.25) is 0 Å². The van der Waals surface area contributed by atoms with Crippen molar-refractivity contribution in [3.8, 4) is 0 Å². The van der Waals surface area contributed by atoms with Crippen LogP contribution < -0.4 is 0 Å². The fraction of sp³-hybridized carbons (Fsp3) is 0.400. The normalized spacial score (nSPS) is 18.2. The quantitative estimate of drug-likeness (QED) is 0.861. The predicted octanol–water partition coefficient (Wildman–Crippen LogP) is 1.80. The van der Waals surface area contributed by atoms with E-state index in [0.29, 0.717) is 19.0 Å². The Morgan fingerprint density at radius 1 is 1.43 bits per heavy atom. The maximum atomic E-state index is 13.7. The summed E-state index contributed by atoms with van der Waals surface area (Å²) in [5, 5.41) is 3.71. The topological polar surface area (TPSA) is 68.5 Å². The van der Waals surface area contributed by atoms with E-state index in [1.165, 1.54) is 11.0 Å². The smallest absolute Gasteiger partial charge is 0.251 e. The van der Waals surface area contributed by atoms with E-state index < -0.39 is 17.7 Å². The molecule has 1 aromatic carbocycles. The second kappa shape index (κ2) is 6.41. The van der Waals surface area contributed by atoms with E-state index in [2.05, 4.69) is 10.1 Å². The molecule has 1 atom stereocenters. The van der Waals surface area contributed by atoms with Gasteiger partial charge in [0.1, 0.15) is 17.7 Å². The fourth-order valence-corrected chi connectivity index (χ4v) is 2.48. The summed E-state index contributed by atoms with van der Waals surface area (Å²) in [7, 11) is 0. The van der Waals surface area contributed by atoms with Crippen LogP contribution in [0.5, 0.6) is 0 Å². The average molecular weight is 323 g/mol. The van der Waals surface area contributed by atoms with Crippen LogP contribution in [0.1, 0.15) is 23.3 Å². The van der Waals surface area contributed by atoms with Gasteiger partial charge >= 0.3 is 0 Å². The summed E-state index contributed by atoms with van der Waals surface area (Å²) in [5.74, 6) is -0.974. The number of ether oxygens (including phenoxy) is 1. The average Bonchev–Trinajstić information content (AvgIpc) is 2.96. The van der Waals surface area contributed by atoms with E-state index in [-0.39, 0.29) is 30.4 Å². The fourth-order valence-electron chi connectivity index (χ4n) is 2.48. The van der Waals surface area contributed by atoms with Crippen molar-refractivity contribution < 1.29 is 22.8 Å². The van der Waals surface area contributed by atoms with Gasteiger partial charge in [0.2, 0.25) is 5.91 Å². The third-order valence-corrected chi connectivity index (χ3v) is 3.63. The Balaban J connectivity index is 1.78. The predicted molar refractivity (Wildman–Crippen MR) is 74.4 cm³/mol.